The molecule has 5 rings (SSSR count). The van der Waals surface area contributed by atoms with Gasteiger partial charge in [0.1, 0.15) is 5.76 Å². The summed E-state index contributed by atoms with van der Waals surface area (Å²) in [5.74, 6) is 2.73. The molecule has 1 saturated carbocycles. The molecule has 2 fully saturated rings. The Balaban J connectivity index is 1.34. The largest absolute Gasteiger partial charge is 0.378 e. The van der Waals surface area contributed by atoms with E-state index < -0.39 is 0 Å². The highest BCUT2D eigenvalue weighted by Crippen LogP contribution is 2.41. The Labute approximate surface area is 184 Å². The zero-order chi connectivity index (χ0) is 21.5. The summed E-state index contributed by atoms with van der Waals surface area (Å²) in [4.78, 5) is 15.3. The van der Waals surface area contributed by atoms with E-state index in [2.05, 4.69) is 24.8 Å². The van der Waals surface area contributed by atoms with E-state index in [9.17, 15) is 4.79 Å². The quantitative estimate of drug-likeness (QED) is 0.407. The average molecular weight is 443 g/mol. The third-order valence-electron chi connectivity index (χ3n) is 5.76. The van der Waals surface area contributed by atoms with Gasteiger partial charge in [0.15, 0.2) is 16.8 Å². The second kappa shape index (κ2) is 8.16. The molecule has 9 nitrogen and oxygen atoms in total. The summed E-state index contributed by atoms with van der Waals surface area (Å²) in [6.07, 6.45) is 2.27. The number of aryl methyl sites for hydroxylation is 2. The van der Waals surface area contributed by atoms with Crippen LogP contribution in [-0.2, 0) is 4.74 Å². The number of Topliss-reactive ketones (excluding diaryl/α,β-unsaturated/α-hetero) is 1. The van der Waals surface area contributed by atoms with Crippen LogP contribution in [0.2, 0.25) is 0 Å². The zero-order valence-electron chi connectivity index (χ0n) is 18.0. The molecule has 0 unspecified atom stereocenters. The molecule has 0 N–H and O–H groups in total. The average Bonchev–Trinajstić information content (AvgIpc) is 3.26. The molecule has 1 aliphatic carbocycles. The van der Waals surface area contributed by atoms with Crippen LogP contribution in [0, 0.1) is 20.8 Å². The van der Waals surface area contributed by atoms with Crippen molar-refractivity contribution in [3.05, 3.63) is 34.8 Å². The minimum absolute atomic E-state index is 0.0721. The molecule has 0 atom stereocenters. The van der Waals surface area contributed by atoms with Crippen molar-refractivity contribution in [1.29, 1.82) is 0 Å². The molecule has 3 aromatic rings. The van der Waals surface area contributed by atoms with Crippen molar-refractivity contribution in [2.75, 3.05) is 37.0 Å². The molecule has 0 spiro atoms. The normalized spacial score (nSPS) is 16.8. The smallest absolute Gasteiger partial charge is 0.228 e. The third-order valence-corrected chi connectivity index (χ3v) is 6.70. The van der Waals surface area contributed by atoms with Crippen molar-refractivity contribution < 1.29 is 14.1 Å². The molecular weight excluding hydrogens is 416 g/mol. The number of aromatic nitrogens is 5. The molecule has 0 amide bonds. The summed E-state index contributed by atoms with van der Waals surface area (Å²) in [5.41, 5.74) is 2.53. The van der Waals surface area contributed by atoms with E-state index in [1.54, 1.807) is 0 Å². The lowest BCUT2D eigenvalue weighted by molar-refractivity contribution is 0.102. The van der Waals surface area contributed by atoms with Crippen LogP contribution < -0.4 is 4.90 Å². The van der Waals surface area contributed by atoms with Crippen LogP contribution in [-0.4, -0.2) is 62.3 Å². The van der Waals surface area contributed by atoms with Gasteiger partial charge in [0.2, 0.25) is 5.95 Å². The van der Waals surface area contributed by atoms with Gasteiger partial charge in [-0.15, -0.1) is 10.2 Å². The highest BCUT2D eigenvalue weighted by molar-refractivity contribution is 7.99. The number of anilines is 1. The predicted octanol–water partition coefficient (Wildman–Crippen LogP) is 3.13. The van der Waals surface area contributed by atoms with Crippen LogP contribution in [0.3, 0.4) is 0 Å². The summed E-state index contributed by atoms with van der Waals surface area (Å²) in [5, 5.41) is 13.8. The van der Waals surface area contributed by atoms with Crippen LogP contribution >= 0.6 is 11.8 Å². The number of ether oxygens (including phenoxy) is 1. The molecule has 4 heterocycles. The Morgan fingerprint density at radius 1 is 1.16 bits per heavy atom. The van der Waals surface area contributed by atoms with Gasteiger partial charge in [0.25, 0.3) is 0 Å². The Morgan fingerprint density at radius 2 is 1.94 bits per heavy atom. The van der Waals surface area contributed by atoms with Gasteiger partial charge in [-0.25, -0.2) is 0 Å². The molecule has 0 radical (unpaired) electrons. The highest BCUT2D eigenvalue weighted by Gasteiger charge is 2.32. The van der Waals surface area contributed by atoms with Gasteiger partial charge in [-0.05, 0) is 39.7 Å². The molecule has 1 aliphatic heterocycles. The number of carbonyl (C=O) groups is 1. The van der Waals surface area contributed by atoms with Gasteiger partial charge in [-0.2, -0.15) is 0 Å². The lowest BCUT2D eigenvalue weighted by Gasteiger charge is -2.27. The molecule has 31 heavy (non-hydrogen) atoms. The Bertz CT molecular complexity index is 1110. The maximum Gasteiger partial charge on any atom is 0.228 e. The first kappa shape index (κ1) is 20.3. The van der Waals surface area contributed by atoms with E-state index in [1.807, 2.05) is 37.5 Å². The number of nitrogens with zero attached hydrogens (tertiary/aromatic N) is 6. The first-order valence-corrected chi connectivity index (χ1v) is 11.6. The van der Waals surface area contributed by atoms with Crippen LogP contribution in [0.4, 0.5) is 5.95 Å². The van der Waals surface area contributed by atoms with E-state index in [1.165, 1.54) is 11.8 Å². The maximum atomic E-state index is 13.1. The van der Waals surface area contributed by atoms with Gasteiger partial charge in [0, 0.05) is 42.1 Å². The number of hydrogen-bond acceptors (Lipinski definition) is 8. The number of rotatable bonds is 7. The SMILES string of the molecule is Cc1cc(-n2c(C)cc(C(=O)CSc3nnc(N4CCOCC4)n3C3CC3)c2C)no1. The third kappa shape index (κ3) is 3.89. The minimum atomic E-state index is 0.0721. The predicted molar refractivity (Wildman–Crippen MR) is 116 cm³/mol. The van der Waals surface area contributed by atoms with Crippen molar-refractivity contribution in [2.24, 2.45) is 0 Å². The zero-order valence-corrected chi connectivity index (χ0v) is 18.8. The first-order chi connectivity index (χ1) is 15.0. The van der Waals surface area contributed by atoms with E-state index in [0.29, 0.717) is 36.4 Å². The van der Waals surface area contributed by atoms with Gasteiger partial charge < -0.3 is 14.2 Å². The summed E-state index contributed by atoms with van der Waals surface area (Å²) in [7, 11) is 0. The Hall–Kier alpha value is -2.59. The number of ketones is 1. The van der Waals surface area contributed by atoms with Gasteiger partial charge in [-0.1, -0.05) is 16.9 Å². The second-order valence-electron chi connectivity index (χ2n) is 8.11. The van der Waals surface area contributed by atoms with Crippen molar-refractivity contribution >= 4 is 23.5 Å². The fourth-order valence-corrected chi connectivity index (χ4v) is 4.95. The maximum absolute atomic E-state index is 13.1. The van der Waals surface area contributed by atoms with Crippen molar-refractivity contribution in [1.82, 2.24) is 24.5 Å². The standard InChI is InChI=1S/C21H26N6O3S/c1-13-10-17(15(3)26(13)19-11-14(2)30-24-19)18(28)12-31-21-23-22-20(27(21)16-4-5-16)25-6-8-29-9-7-25/h10-11,16H,4-9,12H2,1-3H3. The first-order valence-electron chi connectivity index (χ1n) is 10.6. The molecule has 164 valence electrons. The molecule has 1 saturated heterocycles. The molecule has 2 aliphatic rings. The van der Waals surface area contributed by atoms with E-state index in [4.69, 9.17) is 9.26 Å². The van der Waals surface area contributed by atoms with Crippen LogP contribution in [0.15, 0.2) is 21.8 Å². The fourth-order valence-electron chi connectivity index (χ4n) is 4.06. The van der Waals surface area contributed by atoms with E-state index in [0.717, 1.165) is 54.2 Å². The molecule has 0 aromatic carbocycles. The monoisotopic (exact) mass is 442 g/mol. The van der Waals surface area contributed by atoms with Crippen LogP contribution in [0.5, 0.6) is 0 Å². The fraction of sp³-hybridized carbons (Fsp3) is 0.524. The topological polar surface area (TPSA) is 91.2 Å². The molecule has 10 heteroatoms. The molecular formula is C21H26N6O3S. The van der Waals surface area contributed by atoms with Gasteiger partial charge in [0.05, 0.1) is 19.0 Å². The van der Waals surface area contributed by atoms with E-state index in [-0.39, 0.29) is 5.78 Å². The van der Waals surface area contributed by atoms with E-state index >= 15 is 0 Å². The summed E-state index contributed by atoms with van der Waals surface area (Å²) >= 11 is 1.47. The minimum Gasteiger partial charge on any atom is -0.378 e. The van der Waals surface area contributed by atoms with Crippen molar-refractivity contribution in [3.8, 4) is 5.82 Å². The summed E-state index contributed by atoms with van der Waals surface area (Å²) in [6.45, 7) is 8.83. The van der Waals surface area contributed by atoms with Crippen molar-refractivity contribution in [3.63, 3.8) is 0 Å². The van der Waals surface area contributed by atoms with Crippen LogP contribution in [0.1, 0.15) is 46.4 Å². The number of morpholine rings is 1. The highest BCUT2D eigenvalue weighted by atomic mass is 32.2. The van der Waals surface area contributed by atoms with Gasteiger partial charge in [-0.3, -0.25) is 13.9 Å². The van der Waals surface area contributed by atoms with Crippen molar-refractivity contribution in [2.45, 2.75) is 44.8 Å². The summed E-state index contributed by atoms with van der Waals surface area (Å²) in [6, 6.07) is 4.23. The number of hydrogen-bond donors (Lipinski definition) is 0. The second-order valence-corrected chi connectivity index (χ2v) is 9.05. The lowest BCUT2D eigenvalue weighted by Crippen LogP contribution is -2.38. The lowest BCUT2D eigenvalue weighted by atomic mass is 10.2. The Kier molecular flexibility index (Phi) is 5.35. The Morgan fingerprint density at radius 3 is 2.61 bits per heavy atom. The van der Waals surface area contributed by atoms with Crippen LogP contribution in [0.25, 0.3) is 5.82 Å². The number of carbonyl (C=O) groups excluding carboxylic acids is 1. The molecule has 3 aromatic heterocycles. The van der Waals surface area contributed by atoms with Gasteiger partial charge >= 0.3 is 0 Å². The molecule has 0 bridgehead atoms. The number of thioether (sulfide) groups is 1. The summed E-state index contributed by atoms with van der Waals surface area (Å²) < 4.78 is 14.8.